The number of alkyl carbamates (subject to hydrolysis) is 1. The topological polar surface area (TPSA) is 78.9 Å². The number of hydrogen-bond acceptors (Lipinski definition) is 4. The monoisotopic (exact) mass is 489 g/mol. The molecule has 0 aliphatic carbocycles. The molecule has 1 aliphatic heterocycles. The van der Waals surface area contributed by atoms with Crippen molar-refractivity contribution in [1.29, 1.82) is 0 Å². The third-order valence-electron chi connectivity index (χ3n) is 3.88. The molecule has 1 saturated heterocycles. The summed E-state index contributed by atoms with van der Waals surface area (Å²) in [6.45, 7) is 12.5. The van der Waals surface area contributed by atoms with Crippen molar-refractivity contribution in [2.75, 3.05) is 19.6 Å². The SMILES string of the molecule is CCNC(=NCc1cccc(C)n1)N1CCC(NC(=O)OC(C)(C)C)C1.I. The average molecular weight is 489 g/mol. The van der Waals surface area contributed by atoms with Crippen molar-refractivity contribution < 1.29 is 9.53 Å². The van der Waals surface area contributed by atoms with E-state index in [0.717, 1.165) is 36.9 Å². The molecule has 1 atom stereocenters. The summed E-state index contributed by atoms with van der Waals surface area (Å²) in [5.41, 5.74) is 1.45. The molecule has 2 rings (SSSR count). The lowest BCUT2D eigenvalue weighted by molar-refractivity contribution is 0.0507. The van der Waals surface area contributed by atoms with Crippen LogP contribution < -0.4 is 10.6 Å². The van der Waals surface area contributed by atoms with Crippen molar-refractivity contribution in [2.45, 2.75) is 59.2 Å². The van der Waals surface area contributed by atoms with Crippen molar-refractivity contribution >= 4 is 36.0 Å². The largest absolute Gasteiger partial charge is 0.444 e. The van der Waals surface area contributed by atoms with Gasteiger partial charge in [0.1, 0.15) is 5.60 Å². The van der Waals surface area contributed by atoms with Crippen LogP contribution in [0.4, 0.5) is 4.79 Å². The Labute approximate surface area is 179 Å². The van der Waals surface area contributed by atoms with Gasteiger partial charge in [-0.05, 0) is 53.2 Å². The summed E-state index contributed by atoms with van der Waals surface area (Å²) in [5.74, 6) is 0.851. The number of carbonyl (C=O) groups is 1. The number of likely N-dealkylation sites (tertiary alicyclic amines) is 1. The van der Waals surface area contributed by atoms with Crippen LogP contribution in [0.1, 0.15) is 45.5 Å². The van der Waals surface area contributed by atoms with E-state index in [-0.39, 0.29) is 36.1 Å². The van der Waals surface area contributed by atoms with Crippen LogP contribution in [0.15, 0.2) is 23.2 Å². The highest BCUT2D eigenvalue weighted by Gasteiger charge is 2.27. The minimum atomic E-state index is -0.487. The number of ether oxygens (including phenoxy) is 1. The molecule has 1 aromatic rings. The number of guanidine groups is 1. The molecule has 1 aliphatic rings. The van der Waals surface area contributed by atoms with E-state index in [1.807, 2.05) is 52.8 Å². The number of aromatic nitrogens is 1. The van der Waals surface area contributed by atoms with Crippen LogP contribution in [0.25, 0.3) is 0 Å². The van der Waals surface area contributed by atoms with Crippen molar-refractivity contribution in [2.24, 2.45) is 4.99 Å². The molecule has 152 valence electrons. The number of amides is 1. The van der Waals surface area contributed by atoms with Crippen LogP contribution in [0.2, 0.25) is 0 Å². The molecule has 1 fully saturated rings. The molecule has 0 spiro atoms. The molecule has 8 heteroatoms. The van der Waals surface area contributed by atoms with Gasteiger partial charge in [0.2, 0.25) is 0 Å². The maximum Gasteiger partial charge on any atom is 0.407 e. The van der Waals surface area contributed by atoms with E-state index >= 15 is 0 Å². The number of aliphatic imine (C=N–C) groups is 1. The Balaban J connectivity index is 0.00000364. The molecule has 2 N–H and O–H groups in total. The van der Waals surface area contributed by atoms with Gasteiger partial charge >= 0.3 is 6.09 Å². The highest BCUT2D eigenvalue weighted by Crippen LogP contribution is 2.12. The normalized spacial score (nSPS) is 17.3. The van der Waals surface area contributed by atoms with Crippen molar-refractivity contribution in [3.8, 4) is 0 Å². The van der Waals surface area contributed by atoms with E-state index in [1.165, 1.54) is 0 Å². The number of aryl methyl sites for hydroxylation is 1. The van der Waals surface area contributed by atoms with Crippen molar-refractivity contribution in [3.63, 3.8) is 0 Å². The van der Waals surface area contributed by atoms with Gasteiger partial charge in [0, 0.05) is 25.3 Å². The van der Waals surface area contributed by atoms with Gasteiger partial charge in [0.15, 0.2) is 5.96 Å². The first kappa shape index (κ1) is 23.5. The summed E-state index contributed by atoms with van der Waals surface area (Å²) in [5, 5.41) is 6.27. The first-order valence-electron chi connectivity index (χ1n) is 9.22. The van der Waals surface area contributed by atoms with E-state index in [9.17, 15) is 4.79 Å². The summed E-state index contributed by atoms with van der Waals surface area (Å²) < 4.78 is 5.34. The number of nitrogens with zero attached hydrogens (tertiary/aromatic N) is 3. The molecule has 27 heavy (non-hydrogen) atoms. The van der Waals surface area contributed by atoms with Gasteiger partial charge in [-0.15, -0.1) is 24.0 Å². The second-order valence-electron chi connectivity index (χ2n) is 7.52. The Hall–Kier alpha value is -1.58. The Morgan fingerprint density at radius 1 is 1.41 bits per heavy atom. The summed E-state index contributed by atoms with van der Waals surface area (Å²) in [6, 6.07) is 6.02. The molecule has 0 saturated carbocycles. The summed E-state index contributed by atoms with van der Waals surface area (Å²) >= 11 is 0. The van der Waals surface area contributed by atoms with Crippen LogP contribution >= 0.6 is 24.0 Å². The maximum atomic E-state index is 12.0. The van der Waals surface area contributed by atoms with Gasteiger partial charge in [-0.3, -0.25) is 4.98 Å². The Kier molecular flexibility index (Phi) is 9.28. The molecule has 1 amide bonds. The van der Waals surface area contributed by atoms with Crippen LogP contribution in [0, 0.1) is 6.92 Å². The highest BCUT2D eigenvalue weighted by atomic mass is 127. The zero-order chi connectivity index (χ0) is 19.2. The second kappa shape index (κ2) is 10.7. The molecule has 0 bridgehead atoms. The van der Waals surface area contributed by atoms with Crippen LogP contribution in [-0.4, -0.2) is 53.2 Å². The second-order valence-corrected chi connectivity index (χ2v) is 7.52. The van der Waals surface area contributed by atoms with E-state index in [4.69, 9.17) is 9.73 Å². The number of pyridine rings is 1. The van der Waals surface area contributed by atoms with Crippen molar-refractivity contribution in [1.82, 2.24) is 20.5 Å². The summed E-state index contributed by atoms with van der Waals surface area (Å²) in [7, 11) is 0. The minimum absolute atomic E-state index is 0. The Bertz CT molecular complexity index is 645. The molecule has 7 nitrogen and oxygen atoms in total. The summed E-state index contributed by atoms with van der Waals surface area (Å²) in [6.07, 6.45) is 0.502. The van der Waals surface area contributed by atoms with Gasteiger partial charge in [-0.2, -0.15) is 0 Å². The van der Waals surface area contributed by atoms with E-state index in [0.29, 0.717) is 13.1 Å². The zero-order valence-electron chi connectivity index (χ0n) is 16.9. The molecule has 2 heterocycles. The molecule has 0 radical (unpaired) electrons. The number of hydrogen-bond donors (Lipinski definition) is 2. The first-order chi connectivity index (χ1) is 12.3. The minimum Gasteiger partial charge on any atom is -0.444 e. The standard InChI is InChI=1S/C19H31N5O2.HI/c1-6-20-17(21-12-15-9-7-8-14(2)22-15)24-11-10-16(13-24)23-18(25)26-19(3,4)5;/h7-9,16H,6,10-13H2,1-5H3,(H,20,21)(H,23,25);1H. The Morgan fingerprint density at radius 3 is 2.78 bits per heavy atom. The fourth-order valence-electron chi connectivity index (χ4n) is 2.81. The predicted molar refractivity (Wildman–Crippen MR) is 119 cm³/mol. The smallest absolute Gasteiger partial charge is 0.407 e. The highest BCUT2D eigenvalue weighted by molar-refractivity contribution is 14.0. The van der Waals surface area contributed by atoms with Gasteiger partial charge in [0.25, 0.3) is 0 Å². The van der Waals surface area contributed by atoms with Gasteiger partial charge in [-0.1, -0.05) is 6.07 Å². The molecule has 1 unspecified atom stereocenters. The van der Waals surface area contributed by atoms with Gasteiger partial charge in [0.05, 0.1) is 18.3 Å². The number of halogens is 1. The number of rotatable bonds is 4. The molecular weight excluding hydrogens is 457 g/mol. The third kappa shape index (κ3) is 8.32. The van der Waals surface area contributed by atoms with Crippen LogP contribution in [0.3, 0.4) is 0 Å². The fourth-order valence-corrected chi connectivity index (χ4v) is 2.81. The van der Waals surface area contributed by atoms with E-state index in [1.54, 1.807) is 0 Å². The van der Waals surface area contributed by atoms with Crippen LogP contribution in [0.5, 0.6) is 0 Å². The molecule has 1 aromatic heterocycles. The average Bonchev–Trinajstić information content (AvgIpc) is 2.97. The van der Waals surface area contributed by atoms with Gasteiger partial charge < -0.3 is 20.3 Å². The van der Waals surface area contributed by atoms with E-state index < -0.39 is 5.60 Å². The molecule has 0 aromatic carbocycles. The Morgan fingerprint density at radius 2 is 2.15 bits per heavy atom. The number of carbonyl (C=O) groups excluding carboxylic acids is 1. The molecular formula is C19H32IN5O2. The lowest BCUT2D eigenvalue weighted by atomic mass is 10.2. The maximum absolute atomic E-state index is 12.0. The van der Waals surface area contributed by atoms with E-state index in [2.05, 4.69) is 20.5 Å². The predicted octanol–water partition coefficient (Wildman–Crippen LogP) is 3.07. The van der Waals surface area contributed by atoms with Crippen LogP contribution in [-0.2, 0) is 11.3 Å². The fraction of sp³-hybridized carbons (Fsp3) is 0.632. The first-order valence-corrected chi connectivity index (χ1v) is 9.22. The van der Waals surface area contributed by atoms with Crippen molar-refractivity contribution in [3.05, 3.63) is 29.6 Å². The zero-order valence-corrected chi connectivity index (χ0v) is 19.2. The summed E-state index contributed by atoms with van der Waals surface area (Å²) in [4.78, 5) is 23.3. The lowest BCUT2D eigenvalue weighted by Crippen LogP contribution is -2.44. The quantitative estimate of drug-likeness (QED) is 0.386. The lowest BCUT2D eigenvalue weighted by Gasteiger charge is -2.23. The number of nitrogens with one attached hydrogen (secondary N) is 2. The third-order valence-corrected chi connectivity index (χ3v) is 3.88. The van der Waals surface area contributed by atoms with Gasteiger partial charge in [-0.25, -0.2) is 9.79 Å².